The zero-order valence-electron chi connectivity index (χ0n) is 28.4. The average Bonchev–Trinajstić information content (AvgIpc) is 3.81. The summed E-state index contributed by atoms with van der Waals surface area (Å²) in [6.07, 6.45) is 2.63. The van der Waals surface area contributed by atoms with Crippen molar-refractivity contribution in [3.63, 3.8) is 0 Å². The number of fused-ring (bicyclic) bond motifs is 4. The number of thiophene rings is 1. The van der Waals surface area contributed by atoms with Crippen LogP contribution in [0.25, 0.3) is 49.8 Å². The molecule has 0 bridgehead atoms. The minimum Gasteiger partial charge on any atom is -0.484 e. The molecule has 3 heterocycles. The molecule has 0 radical (unpaired) electrons. The van der Waals surface area contributed by atoms with E-state index in [1.165, 1.54) is 12.1 Å². The number of rotatable bonds is 6. The van der Waals surface area contributed by atoms with E-state index >= 15 is 0 Å². The molecule has 54 heavy (non-hydrogen) atoms. The lowest BCUT2D eigenvalue weighted by molar-refractivity contribution is -0.137. The van der Waals surface area contributed by atoms with Crippen molar-refractivity contribution in [3.05, 3.63) is 168 Å². The maximum absolute atomic E-state index is 13.3. The summed E-state index contributed by atoms with van der Waals surface area (Å²) in [6, 6.07) is 38.4. The number of aliphatic imine (C=N–C) groups is 2. The molecule has 262 valence electrons. The minimum atomic E-state index is -4.43. The number of alkyl halides is 3. The van der Waals surface area contributed by atoms with Crippen molar-refractivity contribution in [1.29, 1.82) is 0 Å². The van der Waals surface area contributed by atoms with Crippen LogP contribution in [0.1, 0.15) is 16.7 Å². The fourth-order valence-electron chi connectivity index (χ4n) is 6.69. The highest BCUT2D eigenvalue weighted by Crippen LogP contribution is 2.47. The fraction of sp³-hybridized carbons (Fsp3) is 0.0682. The molecule has 1 aliphatic carbocycles. The van der Waals surface area contributed by atoms with Gasteiger partial charge in [0.05, 0.1) is 17.2 Å². The van der Waals surface area contributed by atoms with E-state index in [1.807, 2.05) is 127 Å². The summed E-state index contributed by atoms with van der Waals surface area (Å²) in [5.41, 5.74) is 4.86. The van der Waals surface area contributed by atoms with E-state index in [2.05, 4.69) is 0 Å². The Morgan fingerprint density at radius 1 is 0.722 bits per heavy atom. The van der Waals surface area contributed by atoms with Gasteiger partial charge in [-0.3, -0.25) is 0 Å². The summed E-state index contributed by atoms with van der Waals surface area (Å²) in [7, 11) is 0. The van der Waals surface area contributed by atoms with Crippen molar-refractivity contribution in [3.8, 4) is 39.9 Å². The van der Waals surface area contributed by atoms with E-state index in [0.29, 0.717) is 34.6 Å². The van der Waals surface area contributed by atoms with E-state index in [0.717, 1.165) is 55.7 Å². The smallest absolute Gasteiger partial charge is 0.416 e. The Morgan fingerprint density at radius 2 is 1.39 bits per heavy atom. The van der Waals surface area contributed by atoms with Gasteiger partial charge in [0.2, 0.25) is 0 Å². The number of nitrogens with zero attached hydrogens (tertiary/aromatic N) is 5. The van der Waals surface area contributed by atoms with Crippen LogP contribution in [0.4, 0.5) is 18.9 Å². The predicted molar refractivity (Wildman–Crippen MR) is 209 cm³/mol. The first-order valence-corrected chi connectivity index (χ1v) is 18.1. The standard InChI is InChI=1S/C44H28F3N5OS/c45-44(46,47)30-23-21-27(22-24-30)25-48-42(49-35-26-54-37-20-8-7-15-31(35)37)34-18-9-16-32-38-33(17-10-19-36(38)53-39(32)34)43-51-40(28-11-3-1-4-12-28)50-41(52-43)29-13-5-2-6-14-29/h1-26,34,39H. The molecule has 9 rings (SSSR count). The van der Waals surface area contributed by atoms with Crippen LogP contribution < -0.4 is 4.74 Å². The van der Waals surface area contributed by atoms with E-state index in [1.54, 1.807) is 17.6 Å². The van der Waals surface area contributed by atoms with Crippen molar-refractivity contribution >= 4 is 44.7 Å². The highest BCUT2D eigenvalue weighted by atomic mass is 32.1. The van der Waals surface area contributed by atoms with E-state index in [9.17, 15) is 13.2 Å². The van der Waals surface area contributed by atoms with Crippen LogP contribution in [0.2, 0.25) is 0 Å². The second kappa shape index (κ2) is 13.8. The van der Waals surface area contributed by atoms with Gasteiger partial charge in [0.15, 0.2) is 17.5 Å². The van der Waals surface area contributed by atoms with Gasteiger partial charge in [-0.2, -0.15) is 13.2 Å². The van der Waals surface area contributed by atoms with Crippen molar-refractivity contribution < 1.29 is 17.9 Å². The Labute approximate surface area is 312 Å². The quantitative estimate of drug-likeness (QED) is 0.126. The molecule has 6 nitrogen and oxygen atoms in total. The molecule has 2 atom stereocenters. The van der Waals surface area contributed by atoms with Crippen LogP contribution in [-0.4, -0.2) is 33.1 Å². The van der Waals surface area contributed by atoms with E-state index < -0.39 is 23.8 Å². The molecule has 2 aliphatic rings. The zero-order valence-corrected chi connectivity index (χ0v) is 29.2. The Morgan fingerprint density at radius 3 is 2.09 bits per heavy atom. The van der Waals surface area contributed by atoms with Crippen LogP contribution in [-0.2, 0) is 6.18 Å². The van der Waals surface area contributed by atoms with Crippen molar-refractivity contribution in [2.24, 2.45) is 15.9 Å². The summed E-state index contributed by atoms with van der Waals surface area (Å²) in [6.45, 7) is 0. The summed E-state index contributed by atoms with van der Waals surface area (Å²) < 4.78 is 47.7. The number of hydrogen-bond acceptors (Lipinski definition) is 6. The molecule has 7 aromatic rings. The Balaban J connectivity index is 1.13. The summed E-state index contributed by atoms with van der Waals surface area (Å²) in [5.74, 6) is 2.31. The van der Waals surface area contributed by atoms with E-state index in [4.69, 9.17) is 29.7 Å². The summed E-state index contributed by atoms with van der Waals surface area (Å²) in [4.78, 5) is 24.8. The molecule has 0 amide bonds. The first-order chi connectivity index (χ1) is 26.4. The lowest BCUT2D eigenvalue weighted by Crippen LogP contribution is -2.30. The van der Waals surface area contributed by atoms with Gasteiger partial charge < -0.3 is 4.74 Å². The van der Waals surface area contributed by atoms with Crippen molar-refractivity contribution in [2.75, 3.05) is 0 Å². The van der Waals surface area contributed by atoms with Crippen LogP contribution in [0.5, 0.6) is 5.75 Å². The third-order valence-corrected chi connectivity index (χ3v) is 10.3. The molecular formula is C44H28F3N5OS. The number of allylic oxidation sites excluding steroid dienone is 2. The Bertz CT molecular complexity index is 2570. The van der Waals surface area contributed by atoms with Gasteiger partial charge >= 0.3 is 6.18 Å². The maximum Gasteiger partial charge on any atom is 0.416 e. The molecule has 0 fully saturated rings. The predicted octanol–water partition coefficient (Wildman–Crippen LogP) is 11.3. The van der Waals surface area contributed by atoms with E-state index in [-0.39, 0.29) is 0 Å². The van der Waals surface area contributed by atoms with Gasteiger partial charge in [-0.15, -0.1) is 11.3 Å². The second-order valence-electron chi connectivity index (χ2n) is 12.8. The first-order valence-electron chi connectivity index (χ1n) is 17.2. The van der Waals surface area contributed by atoms with Crippen LogP contribution in [0.15, 0.2) is 161 Å². The second-order valence-corrected chi connectivity index (χ2v) is 13.7. The molecule has 0 saturated heterocycles. The number of aromatic nitrogens is 3. The zero-order chi connectivity index (χ0) is 36.6. The Kier molecular flexibility index (Phi) is 8.51. The number of hydrogen-bond donors (Lipinski definition) is 0. The average molecular weight is 732 g/mol. The molecule has 1 aliphatic heterocycles. The lowest BCUT2D eigenvalue weighted by atomic mass is 9.86. The number of halogens is 3. The summed E-state index contributed by atoms with van der Waals surface area (Å²) >= 11 is 1.58. The van der Waals surface area contributed by atoms with Gasteiger partial charge in [0, 0.05) is 49.5 Å². The normalized spacial score (nSPS) is 16.6. The SMILES string of the molecule is FC(F)(F)c1ccc(C=NC(=Nc2csc3ccccc23)C2C=CC=C3c4c(cccc4-c4nc(-c5ccccc5)nc(-c5ccccc5)n4)OC32)cc1. The van der Waals surface area contributed by atoms with Crippen molar-refractivity contribution in [1.82, 2.24) is 15.0 Å². The molecule has 2 aromatic heterocycles. The van der Waals surface area contributed by atoms with Crippen LogP contribution >= 0.6 is 11.3 Å². The third-order valence-electron chi connectivity index (χ3n) is 9.31. The molecule has 0 saturated carbocycles. The molecule has 0 spiro atoms. The highest BCUT2D eigenvalue weighted by molar-refractivity contribution is 7.17. The fourth-order valence-corrected chi connectivity index (χ4v) is 7.57. The monoisotopic (exact) mass is 731 g/mol. The van der Waals surface area contributed by atoms with Gasteiger partial charge in [-0.05, 0) is 29.8 Å². The molecule has 2 unspecified atom stereocenters. The number of ether oxygens (including phenoxy) is 1. The first kappa shape index (κ1) is 33.3. The Hall–Kier alpha value is -6.52. The molecule has 0 N–H and O–H groups in total. The molecule has 10 heteroatoms. The molecular weight excluding hydrogens is 704 g/mol. The van der Waals surface area contributed by atoms with Gasteiger partial charge in [0.25, 0.3) is 0 Å². The highest BCUT2D eigenvalue weighted by Gasteiger charge is 2.40. The van der Waals surface area contributed by atoms with Crippen LogP contribution in [0.3, 0.4) is 0 Å². The molecule has 5 aromatic carbocycles. The maximum atomic E-state index is 13.3. The third kappa shape index (κ3) is 6.41. The summed E-state index contributed by atoms with van der Waals surface area (Å²) in [5, 5.41) is 2.97. The topological polar surface area (TPSA) is 72.6 Å². The van der Waals surface area contributed by atoms with Gasteiger partial charge in [-0.25, -0.2) is 24.9 Å². The van der Waals surface area contributed by atoms with Crippen molar-refractivity contribution in [2.45, 2.75) is 12.3 Å². The minimum absolute atomic E-state index is 0.437. The lowest BCUT2D eigenvalue weighted by Gasteiger charge is -2.24. The number of benzene rings is 5. The number of amidine groups is 1. The van der Waals surface area contributed by atoms with Gasteiger partial charge in [0.1, 0.15) is 17.7 Å². The largest absolute Gasteiger partial charge is 0.484 e. The van der Waals surface area contributed by atoms with Gasteiger partial charge in [-0.1, -0.05) is 121 Å². The van der Waals surface area contributed by atoms with Crippen LogP contribution in [0, 0.1) is 5.92 Å².